The Kier molecular flexibility index (Phi) is 2.65. The number of nitrogens with zero attached hydrogens (tertiary/aromatic N) is 1. The fourth-order valence-corrected chi connectivity index (χ4v) is 1.71. The van der Waals surface area contributed by atoms with Crippen molar-refractivity contribution >= 4 is 16.9 Å². The van der Waals surface area contributed by atoms with Gasteiger partial charge in [0, 0.05) is 30.1 Å². The van der Waals surface area contributed by atoms with E-state index in [4.69, 9.17) is 11.5 Å². The van der Waals surface area contributed by atoms with E-state index in [-0.39, 0.29) is 0 Å². The Labute approximate surface area is 93.3 Å². The van der Waals surface area contributed by atoms with E-state index in [9.17, 15) is 4.79 Å². The Morgan fingerprint density at radius 2 is 2.25 bits per heavy atom. The molecule has 3 heteroatoms. The van der Waals surface area contributed by atoms with Crippen LogP contribution < -0.4 is 0 Å². The SMILES string of the molecule is C#CCCn1ccc2cc(C(=O)O)ccc21. The molecule has 80 valence electrons. The Hall–Kier alpha value is -2.21. The van der Waals surface area contributed by atoms with Gasteiger partial charge in [-0.3, -0.25) is 0 Å². The molecule has 0 spiro atoms. The van der Waals surface area contributed by atoms with Gasteiger partial charge in [-0.1, -0.05) is 0 Å². The summed E-state index contributed by atoms with van der Waals surface area (Å²) in [7, 11) is 0. The van der Waals surface area contributed by atoms with Crippen molar-refractivity contribution in [3.8, 4) is 12.3 Å². The highest BCUT2D eigenvalue weighted by atomic mass is 16.4. The number of fused-ring (bicyclic) bond motifs is 1. The lowest BCUT2D eigenvalue weighted by Gasteiger charge is -2.02. The fraction of sp³-hybridized carbons (Fsp3) is 0.154. The highest BCUT2D eigenvalue weighted by Crippen LogP contribution is 2.18. The number of benzene rings is 1. The van der Waals surface area contributed by atoms with Crippen LogP contribution in [0.4, 0.5) is 0 Å². The highest BCUT2D eigenvalue weighted by Gasteiger charge is 2.05. The number of rotatable bonds is 3. The molecule has 0 fully saturated rings. The monoisotopic (exact) mass is 213 g/mol. The second-order valence-electron chi connectivity index (χ2n) is 3.54. The van der Waals surface area contributed by atoms with Gasteiger partial charge in [-0.25, -0.2) is 4.79 Å². The lowest BCUT2D eigenvalue weighted by molar-refractivity contribution is 0.0697. The molecule has 2 aromatic rings. The van der Waals surface area contributed by atoms with Gasteiger partial charge in [0.05, 0.1) is 5.56 Å². The fourth-order valence-electron chi connectivity index (χ4n) is 1.71. The molecule has 3 nitrogen and oxygen atoms in total. The first-order valence-electron chi connectivity index (χ1n) is 4.98. The van der Waals surface area contributed by atoms with Crippen LogP contribution in [-0.4, -0.2) is 15.6 Å². The molecular formula is C13H11NO2. The molecular weight excluding hydrogens is 202 g/mol. The summed E-state index contributed by atoms with van der Waals surface area (Å²) < 4.78 is 2.03. The number of carboxylic acids is 1. The van der Waals surface area contributed by atoms with Crippen LogP contribution in [0.15, 0.2) is 30.5 Å². The molecule has 0 aliphatic carbocycles. The Morgan fingerprint density at radius 1 is 1.44 bits per heavy atom. The minimum atomic E-state index is -0.904. The lowest BCUT2D eigenvalue weighted by atomic mass is 10.1. The van der Waals surface area contributed by atoms with Gasteiger partial charge in [-0.05, 0) is 24.3 Å². The zero-order valence-electron chi connectivity index (χ0n) is 8.68. The third-order valence-corrected chi connectivity index (χ3v) is 2.51. The van der Waals surface area contributed by atoms with Gasteiger partial charge < -0.3 is 9.67 Å². The number of carbonyl (C=O) groups is 1. The molecule has 1 N–H and O–H groups in total. The topological polar surface area (TPSA) is 42.2 Å². The van der Waals surface area contributed by atoms with Crippen LogP contribution in [0.1, 0.15) is 16.8 Å². The van der Waals surface area contributed by atoms with E-state index >= 15 is 0 Å². The van der Waals surface area contributed by atoms with E-state index in [0.717, 1.165) is 17.4 Å². The van der Waals surface area contributed by atoms with Crippen molar-refractivity contribution < 1.29 is 9.90 Å². The number of hydrogen-bond donors (Lipinski definition) is 1. The number of carboxylic acid groups (broad SMARTS) is 1. The molecule has 16 heavy (non-hydrogen) atoms. The quantitative estimate of drug-likeness (QED) is 0.795. The van der Waals surface area contributed by atoms with Gasteiger partial charge in [-0.2, -0.15) is 0 Å². The molecule has 0 unspecified atom stereocenters. The van der Waals surface area contributed by atoms with Gasteiger partial charge in [0.25, 0.3) is 0 Å². The number of hydrogen-bond acceptors (Lipinski definition) is 1. The molecule has 0 saturated carbocycles. The average molecular weight is 213 g/mol. The minimum absolute atomic E-state index is 0.308. The molecule has 2 rings (SSSR count). The molecule has 1 aromatic carbocycles. The van der Waals surface area contributed by atoms with Crippen molar-refractivity contribution in [2.75, 3.05) is 0 Å². The zero-order chi connectivity index (χ0) is 11.5. The average Bonchev–Trinajstić information content (AvgIpc) is 2.68. The first kappa shape index (κ1) is 10.3. The van der Waals surface area contributed by atoms with Crippen molar-refractivity contribution in [2.45, 2.75) is 13.0 Å². The maximum atomic E-state index is 10.8. The molecule has 0 bridgehead atoms. The molecule has 0 radical (unpaired) electrons. The van der Waals surface area contributed by atoms with Crippen LogP contribution in [0.2, 0.25) is 0 Å². The van der Waals surface area contributed by atoms with Crippen LogP contribution in [0.5, 0.6) is 0 Å². The molecule has 0 aliphatic rings. The first-order chi connectivity index (χ1) is 7.72. The van der Waals surface area contributed by atoms with Crippen molar-refractivity contribution in [1.82, 2.24) is 4.57 Å². The van der Waals surface area contributed by atoms with Crippen LogP contribution in [0, 0.1) is 12.3 Å². The normalized spacial score (nSPS) is 10.2. The van der Waals surface area contributed by atoms with Gasteiger partial charge in [0.15, 0.2) is 0 Å². The van der Waals surface area contributed by atoms with Gasteiger partial charge in [0.1, 0.15) is 0 Å². The predicted octanol–water partition coefficient (Wildman–Crippen LogP) is 2.36. The van der Waals surface area contributed by atoms with Crippen LogP contribution in [0.3, 0.4) is 0 Å². The second kappa shape index (κ2) is 4.11. The summed E-state index contributed by atoms with van der Waals surface area (Å²) in [5.41, 5.74) is 1.32. The number of aryl methyl sites for hydroxylation is 1. The van der Waals surface area contributed by atoms with Crippen molar-refractivity contribution in [2.24, 2.45) is 0 Å². The molecule has 1 heterocycles. The molecule has 0 aliphatic heterocycles. The summed E-state index contributed by atoms with van der Waals surface area (Å²) >= 11 is 0. The van der Waals surface area contributed by atoms with E-state index in [1.807, 2.05) is 22.9 Å². The van der Waals surface area contributed by atoms with Crippen LogP contribution >= 0.6 is 0 Å². The van der Waals surface area contributed by atoms with Gasteiger partial charge in [0.2, 0.25) is 0 Å². The summed E-state index contributed by atoms with van der Waals surface area (Å²) in [5, 5.41) is 9.79. The smallest absolute Gasteiger partial charge is 0.335 e. The highest BCUT2D eigenvalue weighted by molar-refractivity contribution is 5.93. The van der Waals surface area contributed by atoms with Gasteiger partial charge in [-0.15, -0.1) is 12.3 Å². The summed E-state index contributed by atoms with van der Waals surface area (Å²) in [4.78, 5) is 10.8. The largest absolute Gasteiger partial charge is 0.478 e. The molecule has 0 amide bonds. The maximum absolute atomic E-state index is 10.8. The Balaban J connectivity index is 2.43. The lowest BCUT2D eigenvalue weighted by Crippen LogP contribution is -1.97. The summed E-state index contributed by atoms with van der Waals surface area (Å²) in [6, 6.07) is 6.99. The van der Waals surface area contributed by atoms with E-state index in [2.05, 4.69) is 5.92 Å². The van der Waals surface area contributed by atoms with E-state index in [0.29, 0.717) is 12.0 Å². The maximum Gasteiger partial charge on any atom is 0.335 e. The number of aromatic carboxylic acids is 1. The summed E-state index contributed by atoms with van der Waals surface area (Å²) in [6.07, 6.45) is 7.81. The molecule has 0 atom stereocenters. The van der Waals surface area contributed by atoms with Crippen molar-refractivity contribution in [3.05, 3.63) is 36.0 Å². The molecule has 0 saturated heterocycles. The van der Waals surface area contributed by atoms with E-state index in [1.165, 1.54) is 0 Å². The predicted molar refractivity (Wildman–Crippen MR) is 62.3 cm³/mol. The first-order valence-corrected chi connectivity index (χ1v) is 4.98. The summed E-state index contributed by atoms with van der Waals surface area (Å²) in [6.45, 7) is 0.756. The summed E-state index contributed by atoms with van der Waals surface area (Å²) in [5.74, 6) is 1.68. The standard InChI is InChI=1S/C13H11NO2/c1-2-3-7-14-8-6-10-9-11(13(15)16)4-5-12(10)14/h1,4-6,8-9H,3,7H2,(H,15,16). The Bertz CT molecular complexity index is 575. The molecule has 1 aromatic heterocycles. The van der Waals surface area contributed by atoms with Gasteiger partial charge >= 0.3 is 5.97 Å². The third-order valence-electron chi connectivity index (χ3n) is 2.51. The Morgan fingerprint density at radius 3 is 2.94 bits per heavy atom. The number of aromatic nitrogens is 1. The minimum Gasteiger partial charge on any atom is -0.478 e. The third kappa shape index (κ3) is 1.78. The van der Waals surface area contributed by atoms with Crippen molar-refractivity contribution in [3.63, 3.8) is 0 Å². The van der Waals surface area contributed by atoms with Crippen molar-refractivity contribution in [1.29, 1.82) is 0 Å². The number of terminal acetylenes is 1. The van der Waals surface area contributed by atoms with Crippen LogP contribution in [-0.2, 0) is 6.54 Å². The second-order valence-corrected chi connectivity index (χ2v) is 3.54. The van der Waals surface area contributed by atoms with E-state index < -0.39 is 5.97 Å². The van der Waals surface area contributed by atoms with Crippen LogP contribution in [0.25, 0.3) is 10.9 Å². The zero-order valence-corrected chi connectivity index (χ0v) is 8.68. The van der Waals surface area contributed by atoms with E-state index in [1.54, 1.807) is 12.1 Å².